The number of amides is 1. The van der Waals surface area contributed by atoms with Gasteiger partial charge in [0.1, 0.15) is 10.8 Å². The molecular formula is C14H19N3O3S. The SMILES string of the molecule is CC(C)(C)c1nsc(CNC(=O)C23CC(C(=O)O)(C2)C3)n1. The number of carbonyl (C=O) groups excluding carboxylic acids is 1. The third-order valence-electron chi connectivity index (χ3n) is 4.50. The second kappa shape index (κ2) is 4.25. The quantitative estimate of drug-likeness (QED) is 0.883. The predicted octanol–water partition coefficient (Wildman–Crippen LogP) is 1.71. The van der Waals surface area contributed by atoms with Crippen LogP contribution in [0.25, 0.3) is 0 Å². The summed E-state index contributed by atoms with van der Waals surface area (Å²) in [6.07, 6.45) is 1.43. The maximum Gasteiger partial charge on any atom is 0.309 e. The Kier molecular flexibility index (Phi) is 2.92. The van der Waals surface area contributed by atoms with Crippen LogP contribution in [-0.2, 0) is 21.5 Å². The van der Waals surface area contributed by atoms with Crippen LogP contribution in [-0.4, -0.2) is 26.3 Å². The van der Waals surface area contributed by atoms with E-state index in [0.717, 1.165) is 10.8 Å². The molecule has 0 radical (unpaired) electrons. The molecule has 0 spiro atoms. The van der Waals surface area contributed by atoms with Crippen molar-refractivity contribution in [1.82, 2.24) is 14.7 Å². The van der Waals surface area contributed by atoms with Crippen LogP contribution < -0.4 is 5.32 Å². The molecule has 6 nitrogen and oxygen atoms in total. The van der Waals surface area contributed by atoms with Gasteiger partial charge in [0, 0.05) is 5.41 Å². The molecule has 2 N–H and O–H groups in total. The van der Waals surface area contributed by atoms with E-state index in [2.05, 4.69) is 14.7 Å². The van der Waals surface area contributed by atoms with Gasteiger partial charge in [-0.1, -0.05) is 20.8 Å². The molecule has 4 rings (SSSR count). The number of carboxylic acid groups (broad SMARTS) is 1. The van der Waals surface area contributed by atoms with Crippen LogP contribution in [0.4, 0.5) is 0 Å². The van der Waals surface area contributed by atoms with Gasteiger partial charge in [-0.2, -0.15) is 4.37 Å². The molecule has 1 heterocycles. The second-order valence-electron chi connectivity index (χ2n) is 7.34. The number of carboxylic acids is 1. The maximum absolute atomic E-state index is 12.2. The van der Waals surface area contributed by atoms with Gasteiger partial charge in [-0.15, -0.1) is 0 Å². The van der Waals surface area contributed by atoms with E-state index in [1.54, 1.807) is 0 Å². The van der Waals surface area contributed by atoms with Crippen LogP contribution in [0.2, 0.25) is 0 Å². The summed E-state index contributed by atoms with van der Waals surface area (Å²) < 4.78 is 4.31. The lowest BCUT2D eigenvalue weighted by Crippen LogP contribution is -2.70. The molecule has 3 aliphatic carbocycles. The summed E-state index contributed by atoms with van der Waals surface area (Å²) >= 11 is 1.30. The van der Waals surface area contributed by atoms with E-state index in [9.17, 15) is 9.59 Å². The Balaban J connectivity index is 1.54. The number of aromatic nitrogens is 2. The molecule has 3 fully saturated rings. The monoisotopic (exact) mass is 309 g/mol. The molecule has 2 bridgehead atoms. The lowest BCUT2D eigenvalue weighted by atomic mass is 9.35. The number of hydrogen-bond donors (Lipinski definition) is 2. The van der Waals surface area contributed by atoms with E-state index >= 15 is 0 Å². The van der Waals surface area contributed by atoms with Crippen molar-refractivity contribution in [2.24, 2.45) is 10.8 Å². The average molecular weight is 309 g/mol. The van der Waals surface area contributed by atoms with Gasteiger partial charge in [-0.05, 0) is 30.8 Å². The maximum atomic E-state index is 12.2. The highest BCUT2D eigenvalue weighted by molar-refractivity contribution is 7.05. The second-order valence-corrected chi connectivity index (χ2v) is 8.18. The summed E-state index contributed by atoms with van der Waals surface area (Å²) in [5.41, 5.74) is -1.14. The van der Waals surface area contributed by atoms with E-state index in [1.165, 1.54) is 11.5 Å². The molecule has 1 amide bonds. The highest BCUT2D eigenvalue weighted by Gasteiger charge is 2.75. The Morgan fingerprint density at radius 1 is 1.29 bits per heavy atom. The molecule has 0 aromatic carbocycles. The van der Waals surface area contributed by atoms with E-state index in [0.29, 0.717) is 25.8 Å². The summed E-state index contributed by atoms with van der Waals surface area (Å²) in [4.78, 5) is 27.6. The first kappa shape index (κ1) is 14.4. The van der Waals surface area contributed by atoms with Crippen molar-refractivity contribution in [3.8, 4) is 0 Å². The van der Waals surface area contributed by atoms with Gasteiger partial charge < -0.3 is 10.4 Å². The van der Waals surface area contributed by atoms with Crippen LogP contribution in [0, 0.1) is 10.8 Å². The van der Waals surface area contributed by atoms with Gasteiger partial charge in [-0.3, -0.25) is 9.59 Å². The minimum absolute atomic E-state index is 0.0434. The van der Waals surface area contributed by atoms with Crippen LogP contribution >= 0.6 is 11.5 Å². The average Bonchev–Trinajstić information content (AvgIpc) is 2.69. The van der Waals surface area contributed by atoms with Gasteiger partial charge in [0.25, 0.3) is 0 Å². The predicted molar refractivity (Wildman–Crippen MR) is 76.8 cm³/mol. The van der Waals surface area contributed by atoms with Gasteiger partial charge in [-0.25, -0.2) is 4.98 Å². The van der Waals surface area contributed by atoms with Crippen molar-refractivity contribution < 1.29 is 14.7 Å². The fourth-order valence-corrected chi connectivity index (χ4v) is 4.00. The topological polar surface area (TPSA) is 92.2 Å². The van der Waals surface area contributed by atoms with E-state index in [4.69, 9.17) is 5.11 Å². The number of aliphatic carboxylic acids is 1. The molecule has 7 heteroatoms. The molecule has 1 aromatic rings. The Labute approximate surface area is 127 Å². The van der Waals surface area contributed by atoms with Gasteiger partial charge >= 0.3 is 5.97 Å². The van der Waals surface area contributed by atoms with E-state index in [1.807, 2.05) is 20.8 Å². The molecule has 0 unspecified atom stereocenters. The first-order valence-corrected chi connectivity index (χ1v) is 7.79. The van der Waals surface area contributed by atoms with Gasteiger partial charge in [0.2, 0.25) is 5.91 Å². The molecule has 21 heavy (non-hydrogen) atoms. The lowest BCUT2D eigenvalue weighted by Gasteiger charge is -2.66. The van der Waals surface area contributed by atoms with Crippen molar-refractivity contribution in [2.45, 2.75) is 52.0 Å². The molecule has 3 saturated carbocycles. The summed E-state index contributed by atoms with van der Waals surface area (Å²) in [5, 5.41) is 12.7. The van der Waals surface area contributed by atoms with Crippen LogP contribution in [0.1, 0.15) is 50.9 Å². The van der Waals surface area contributed by atoms with Crippen molar-refractivity contribution in [3.63, 3.8) is 0 Å². The smallest absolute Gasteiger partial charge is 0.309 e. The largest absolute Gasteiger partial charge is 0.481 e. The standard InChI is InChI=1S/C14H19N3O3S/c1-12(2,3)9-16-8(21-17-9)4-15-10(18)13-5-14(6-13,7-13)11(19)20/h4-7H2,1-3H3,(H,15,18)(H,19,20). The molecule has 0 atom stereocenters. The van der Waals surface area contributed by atoms with Crippen molar-refractivity contribution in [1.29, 1.82) is 0 Å². The first-order valence-electron chi connectivity index (χ1n) is 7.02. The van der Waals surface area contributed by atoms with Crippen molar-refractivity contribution in [2.75, 3.05) is 0 Å². The summed E-state index contributed by atoms with van der Waals surface area (Å²) in [7, 11) is 0. The van der Waals surface area contributed by atoms with Crippen molar-refractivity contribution >= 4 is 23.4 Å². The van der Waals surface area contributed by atoms with E-state index in [-0.39, 0.29) is 11.3 Å². The zero-order valence-corrected chi connectivity index (χ0v) is 13.2. The molecule has 114 valence electrons. The molecule has 0 aliphatic heterocycles. The zero-order valence-electron chi connectivity index (χ0n) is 12.4. The molecule has 1 aromatic heterocycles. The van der Waals surface area contributed by atoms with E-state index < -0.39 is 16.8 Å². The molecular weight excluding hydrogens is 290 g/mol. The zero-order chi connectivity index (χ0) is 15.5. The highest BCUT2D eigenvalue weighted by atomic mass is 32.1. The van der Waals surface area contributed by atoms with Crippen LogP contribution in [0.15, 0.2) is 0 Å². The summed E-state index contributed by atoms with van der Waals surface area (Å²) in [6.45, 7) is 6.51. The lowest BCUT2D eigenvalue weighted by molar-refractivity contribution is -0.220. The molecule has 0 saturated heterocycles. The van der Waals surface area contributed by atoms with Crippen LogP contribution in [0.3, 0.4) is 0 Å². The van der Waals surface area contributed by atoms with Crippen molar-refractivity contribution in [3.05, 3.63) is 10.8 Å². The Morgan fingerprint density at radius 2 is 1.90 bits per heavy atom. The highest BCUT2D eigenvalue weighted by Crippen LogP contribution is 2.73. The minimum atomic E-state index is -0.767. The summed E-state index contributed by atoms with van der Waals surface area (Å²) in [5.74, 6) is -0.0265. The molecule has 3 aliphatic rings. The number of carbonyl (C=O) groups is 2. The Bertz CT molecular complexity index is 597. The number of nitrogens with zero attached hydrogens (tertiary/aromatic N) is 2. The first-order chi connectivity index (χ1) is 9.67. The van der Waals surface area contributed by atoms with Gasteiger partial charge in [0.05, 0.1) is 17.4 Å². The van der Waals surface area contributed by atoms with Crippen LogP contribution in [0.5, 0.6) is 0 Å². The number of rotatable bonds is 4. The third kappa shape index (κ3) is 2.14. The fraction of sp³-hybridized carbons (Fsp3) is 0.714. The third-order valence-corrected chi connectivity index (χ3v) is 5.22. The number of nitrogens with one attached hydrogen (secondary N) is 1. The van der Waals surface area contributed by atoms with Gasteiger partial charge in [0.15, 0.2) is 0 Å². The normalized spacial score (nSPS) is 30.2. The fourth-order valence-electron chi connectivity index (χ4n) is 3.23. The minimum Gasteiger partial charge on any atom is -0.481 e. The summed E-state index contributed by atoms with van der Waals surface area (Å²) in [6, 6.07) is 0. The Hall–Kier alpha value is -1.50. The number of hydrogen-bond acceptors (Lipinski definition) is 5. The Morgan fingerprint density at radius 3 is 2.38 bits per heavy atom.